The van der Waals surface area contributed by atoms with Gasteiger partial charge in [0.1, 0.15) is 11.9 Å². The number of amides is 2. The molecule has 0 heterocycles. The zero-order valence-corrected chi connectivity index (χ0v) is 8.87. The van der Waals surface area contributed by atoms with Crippen LogP contribution in [0.4, 0.5) is 4.39 Å². The first kappa shape index (κ1) is 12.2. The molecule has 4 nitrogen and oxygen atoms in total. The molecule has 16 heavy (non-hydrogen) atoms. The van der Waals surface area contributed by atoms with Gasteiger partial charge in [0.15, 0.2) is 0 Å². The molecule has 1 aromatic carbocycles. The number of hydrogen-bond donors (Lipinski definition) is 2. The van der Waals surface area contributed by atoms with E-state index >= 15 is 0 Å². The van der Waals surface area contributed by atoms with Crippen LogP contribution in [-0.4, -0.2) is 17.9 Å². The van der Waals surface area contributed by atoms with E-state index < -0.39 is 17.8 Å². The van der Waals surface area contributed by atoms with Gasteiger partial charge in [-0.05, 0) is 24.6 Å². The minimum absolute atomic E-state index is 0.0232. The predicted molar refractivity (Wildman–Crippen MR) is 56.9 cm³/mol. The summed E-state index contributed by atoms with van der Waals surface area (Å²) in [6.07, 6.45) is 0.0232. The number of hydrogen-bond acceptors (Lipinski definition) is 2. The first-order valence-electron chi connectivity index (χ1n) is 4.82. The largest absolute Gasteiger partial charge is 0.368 e. The van der Waals surface area contributed by atoms with Crippen molar-refractivity contribution in [1.82, 2.24) is 5.32 Å². The molecule has 0 fully saturated rings. The number of nitrogens with one attached hydrogen (secondary N) is 1. The van der Waals surface area contributed by atoms with Crippen molar-refractivity contribution in [2.75, 3.05) is 0 Å². The summed E-state index contributed by atoms with van der Waals surface area (Å²) in [6, 6.07) is 5.01. The molecule has 5 heteroatoms. The third-order valence-electron chi connectivity index (χ3n) is 2.06. The number of carbonyl (C=O) groups is 2. The standard InChI is InChI=1S/C11H13FN2O2/c1-7(11(13)16)14-10(15)6-8-3-2-4-9(12)5-8/h2-5,7H,6H2,1H3,(H2,13,16)(H,14,15)/t7-/m0/s1. The summed E-state index contributed by atoms with van der Waals surface area (Å²) in [4.78, 5) is 22.1. The van der Waals surface area contributed by atoms with Gasteiger partial charge < -0.3 is 11.1 Å². The van der Waals surface area contributed by atoms with Gasteiger partial charge in [0, 0.05) is 0 Å². The normalized spacial score (nSPS) is 11.9. The lowest BCUT2D eigenvalue weighted by Gasteiger charge is -2.09. The van der Waals surface area contributed by atoms with Crippen molar-refractivity contribution in [3.8, 4) is 0 Å². The lowest BCUT2D eigenvalue weighted by molar-refractivity contribution is -0.126. The van der Waals surface area contributed by atoms with Crippen molar-refractivity contribution in [3.05, 3.63) is 35.6 Å². The Bertz CT molecular complexity index is 407. The molecular formula is C11H13FN2O2. The molecule has 0 unspecified atom stereocenters. The summed E-state index contributed by atoms with van der Waals surface area (Å²) < 4.78 is 12.8. The average Bonchev–Trinajstić information content (AvgIpc) is 2.16. The highest BCUT2D eigenvalue weighted by Crippen LogP contribution is 2.04. The number of nitrogens with two attached hydrogens (primary N) is 1. The van der Waals surface area contributed by atoms with Crippen LogP contribution in [0.2, 0.25) is 0 Å². The molecule has 1 rings (SSSR count). The molecule has 0 saturated carbocycles. The number of halogens is 1. The van der Waals surface area contributed by atoms with Gasteiger partial charge in [-0.15, -0.1) is 0 Å². The number of rotatable bonds is 4. The fourth-order valence-electron chi connectivity index (χ4n) is 1.20. The summed E-state index contributed by atoms with van der Waals surface area (Å²) in [7, 11) is 0. The highest BCUT2D eigenvalue weighted by atomic mass is 19.1. The summed E-state index contributed by atoms with van der Waals surface area (Å²) >= 11 is 0. The zero-order valence-electron chi connectivity index (χ0n) is 8.87. The van der Waals surface area contributed by atoms with Crippen molar-refractivity contribution >= 4 is 11.8 Å². The minimum Gasteiger partial charge on any atom is -0.368 e. The molecule has 0 radical (unpaired) electrons. The van der Waals surface area contributed by atoms with Gasteiger partial charge in [-0.2, -0.15) is 0 Å². The molecule has 2 amide bonds. The van der Waals surface area contributed by atoms with Crippen LogP contribution in [0.25, 0.3) is 0 Å². The van der Waals surface area contributed by atoms with Gasteiger partial charge in [-0.1, -0.05) is 12.1 Å². The molecule has 0 aliphatic carbocycles. The quantitative estimate of drug-likeness (QED) is 0.775. The van der Waals surface area contributed by atoms with Gasteiger partial charge >= 0.3 is 0 Å². The second-order valence-electron chi connectivity index (χ2n) is 3.50. The van der Waals surface area contributed by atoms with E-state index in [-0.39, 0.29) is 12.3 Å². The molecule has 3 N–H and O–H groups in total. The second-order valence-corrected chi connectivity index (χ2v) is 3.50. The molecule has 0 aromatic heterocycles. The Balaban J connectivity index is 2.55. The van der Waals surface area contributed by atoms with E-state index in [1.165, 1.54) is 25.1 Å². The maximum atomic E-state index is 12.8. The summed E-state index contributed by atoms with van der Waals surface area (Å²) in [6.45, 7) is 1.49. The number of carbonyl (C=O) groups excluding carboxylic acids is 2. The van der Waals surface area contributed by atoms with Crippen molar-refractivity contribution in [2.24, 2.45) is 5.73 Å². The van der Waals surface area contributed by atoms with Crippen LogP contribution in [0.15, 0.2) is 24.3 Å². The van der Waals surface area contributed by atoms with Gasteiger partial charge in [-0.3, -0.25) is 9.59 Å². The summed E-state index contributed by atoms with van der Waals surface area (Å²) in [5.74, 6) is -1.36. The molecule has 0 aliphatic rings. The Labute approximate surface area is 92.6 Å². The Kier molecular flexibility index (Phi) is 3.99. The van der Waals surface area contributed by atoms with Crippen molar-refractivity contribution in [3.63, 3.8) is 0 Å². The topological polar surface area (TPSA) is 72.2 Å². The highest BCUT2D eigenvalue weighted by molar-refractivity contribution is 5.87. The smallest absolute Gasteiger partial charge is 0.239 e. The minimum atomic E-state index is -0.721. The highest BCUT2D eigenvalue weighted by Gasteiger charge is 2.12. The molecular weight excluding hydrogens is 211 g/mol. The third kappa shape index (κ3) is 3.68. The maximum absolute atomic E-state index is 12.8. The van der Waals surface area contributed by atoms with Crippen molar-refractivity contribution in [1.29, 1.82) is 0 Å². The van der Waals surface area contributed by atoms with Crippen LogP contribution in [-0.2, 0) is 16.0 Å². The number of benzene rings is 1. The molecule has 0 bridgehead atoms. The third-order valence-corrected chi connectivity index (χ3v) is 2.06. The molecule has 0 aliphatic heterocycles. The fraction of sp³-hybridized carbons (Fsp3) is 0.273. The molecule has 1 aromatic rings. The second kappa shape index (κ2) is 5.25. The summed E-state index contributed by atoms with van der Waals surface area (Å²) in [5.41, 5.74) is 5.54. The Hall–Kier alpha value is -1.91. The van der Waals surface area contributed by atoms with Gasteiger partial charge in [0.25, 0.3) is 0 Å². The SMILES string of the molecule is C[C@H](NC(=O)Cc1cccc(F)c1)C(N)=O. The van der Waals surface area contributed by atoms with Crippen LogP contribution in [0, 0.1) is 5.82 Å². The molecule has 1 atom stereocenters. The number of primary amides is 1. The van der Waals surface area contributed by atoms with E-state index in [1.54, 1.807) is 6.07 Å². The molecule has 0 spiro atoms. The van der Waals surface area contributed by atoms with E-state index in [2.05, 4.69) is 5.32 Å². The summed E-state index contributed by atoms with van der Waals surface area (Å²) in [5, 5.41) is 2.41. The Morgan fingerprint density at radius 3 is 2.75 bits per heavy atom. The Morgan fingerprint density at radius 2 is 2.19 bits per heavy atom. The lowest BCUT2D eigenvalue weighted by Crippen LogP contribution is -2.42. The maximum Gasteiger partial charge on any atom is 0.239 e. The monoisotopic (exact) mass is 224 g/mol. The van der Waals surface area contributed by atoms with Crippen LogP contribution in [0.3, 0.4) is 0 Å². The van der Waals surface area contributed by atoms with E-state index in [0.29, 0.717) is 5.56 Å². The van der Waals surface area contributed by atoms with Crippen LogP contribution < -0.4 is 11.1 Å². The fourth-order valence-corrected chi connectivity index (χ4v) is 1.20. The van der Waals surface area contributed by atoms with E-state index in [0.717, 1.165) is 0 Å². The first-order chi connectivity index (χ1) is 7.49. The van der Waals surface area contributed by atoms with Crippen LogP contribution in [0.1, 0.15) is 12.5 Å². The average molecular weight is 224 g/mol. The molecule has 86 valence electrons. The van der Waals surface area contributed by atoms with Gasteiger partial charge in [-0.25, -0.2) is 4.39 Å². The lowest BCUT2D eigenvalue weighted by atomic mass is 10.1. The van der Waals surface area contributed by atoms with Crippen molar-refractivity contribution < 1.29 is 14.0 Å². The van der Waals surface area contributed by atoms with Gasteiger partial charge in [0.05, 0.1) is 6.42 Å². The van der Waals surface area contributed by atoms with E-state index in [4.69, 9.17) is 5.73 Å². The van der Waals surface area contributed by atoms with Crippen LogP contribution >= 0.6 is 0 Å². The van der Waals surface area contributed by atoms with E-state index in [9.17, 15) is 14.0 Å². The van der Waals surface area contributed by atoms with Gasteiger partial charge in [0.2, 0.25) is 11.8 Å². The molecule has 0 saturated heterocycles. The van der Waals surface area contributed by atoms with Crippen molar-refractivity contribution in [2.45, 2.75) is 19.4 Å². The van der Waals surface area contributed by atoms with Crippen LogP contribution in [0.5, 0.6) is 0 Å². The Morgan fingerprint density at radius 1 is 1.50 bits per heavy atom. The predicted octanol–water partition coefficient (Wildman–Crippen LogP) is 0.358. The first-order valence-corrected chi connectivity index (χ1v) is 4.82. The zero-order chi connectivity index (χ0) is 12.1. The van der Waals surface area contributed by atoms with E-state index in [1.807, 2.05) is 0 Å².